The van der Waals surface area contributed by atoms with Crippen molar-refractivity contribution in [2.24, 2.45) is 11.8 Å². The molecule has 0 bridgehead atoms. The lowest BCUT2D eigenvalue weighted by Gasteiger charge is -2.10. The second-order valence-corrected chi connectivity index (χ2v) is 4.21. The summed E-state index contributed by atoms with van der Waals surface area (Å²) < 4.78 is 0. The molecule has 1 aliphatic carbocycles. The standard InChI is InChI=1S/C12H16N2O/c1-9(11-4-5-11)12(15)14-8-10-3-2-6-13-7-10/h2-3,6-7,9,11H,4-5,8H2,1H3,(H,14,15). The predicted molar refractivity (Wildman–Crippen MR) is 58.0 cm³/mol. The highest BCUT2D eigenvalue weighted by molar-refractivity contribution is 5.78. The van der Waals surface area contributed by atoms with Crippen molar-refractivity contribution >= 4 is 5.91 Å². The van der Waals surface area contributed by atoms with Crippen molar-refractivity contribution in [3.63, 3.8) is 0 Å². The molecule has 1 heterocycles. The Bertz CT molecular complexity index is 333. The molecule has 1 amide bonds. The van der Waals surface area contributed by atoms with Gasteiger partial charge in [-0.05, 0) is 30.4 Å². The third kappa shape index (κ3) is 2.78. The van der Waals surface area contributed by atoms with E-state index in [4.69, 9.17) is 0 Å². The van der Waals surface area contributed by atoms with Gasteiger partial charge in [0, 0.05) is 24.9 Å². The number of pyridine rings is 1. The first-order chi connectivity index (χ1) is 7.27. The van der Waals surface area contributed by atoms with Crippen LogP contribution in [-0.4, -0.2) is 10.9 Å². The van der Waals surface area contributed by atoms with Crippen LogP contribution in [0.4, 0.5) is 0 Å². The lowest BCUT2D eigenvalue weighted by molar-refractivity contribution is -0.125. The zero-order valence-electron chi connectivity index (χ0n) is 8.94. The van der Waals surface area contributed by atoms with E-state index in [2.05, 4.69) is 10.3 Å². The first-order valence-corrected chi connectivity index (χ1v) is 5.44. The molecule has 1 N–H and O–H groups in total. The van der Waals surface area contributed by atoms with Gasteiger partial charge in [0.15, 0.2) is 0 Å². The molecular formula is C12H16N2O. The average molecular weight is 204 g/mol. The van der Waals surface area contributed by atoms with Gasteiger partial charge in [-0.2, -0.15) is 0 Å². The molecule has 0 spiro atoms. The van der Waals surface area contributed by atoms with Crippen LogP contribution in [0, 0.1) is 11.8 Å². The second-order valence-electron chi connectivity index (χ2n) is 4.21. The first-order valence-electron chi connectivity index (χ1n) is 5.44. The Morgan fingerprint density at radius 3 is 3.07 bits per heavy atom. The SMILES string of the molecule is CC(C(=O)NCc1cccnc1)C1CC1. The fourth-order valence-electron chi connectivity index (χ4n) is 1.66. The number of carbonyl (C=O) groups is 1. The number of nitrogens with zero attached hydrogens (tertiary/aromatic N) is 1. The van der Waals surface area contributed by atoms with Gasteiger partial charge in [0.25, 0.3) is 0 Å². The van der Waals surface area contributed by atoms with Crippen LogP contribution in [0.1, 0.15) is 25.3 Å². The highest BCUT2D eigenvalue weighted by atomic mass is 16.1. The van der Waals surface area contributed by atoms with Crippen molar-refractivity contribution in [1.82, 2.24) is 10.3 Å². The largest absolute Gasteiger partial charge is 0.352 e. The van der Waals surface area contributed by atoms with Gasteiger partial charge in [0.2, 0.25) is 5.91 Å². The molecule has 0 saturated heterocycles. The molecule has 1 aliphatic rings. The molecule has 2 rings (SSSR count). The molecule has 3 heteroatoms. The molecule has 1 fully saturated rings. The maximum absolute atomic E-state index is 11.7. The maximum atomic E-state index is 11.7. The molecule has 1 aromatic rings. The van der Waals surface area contributed by atoms with Gasteiger partial charge in [0.1, 0.15) is 0 Å². The summed E-state index contributed by atoms with van der Waals surface area (Å²) in [5.41, 5.74) is 1.05. The Morgan fingerprint density at radius 2 is 2.47 bits per heavy atom. The van der Waals surface area contributed by atoms with E-state index in [1.807, 2.05) is 19.1 Å². The van der Waals surface area contributed by atoms with E-state index in [0.29, 0.717) is 12.5 Å². The van der Waals surface area contributed by atoms with Crippen molar-refractivity contribution in [2.45, 2.75) is 26.3 Å². The van der Waals surface area contributed by atoms with Crippen LogP contribution in [0.25, 0.3) is 0 Å². The molecule has 3 nitrogen and oxygen atoms in total. The molecule has 1 unspecified atom stereocenters. The van der Waals surface area contributed by atoms with Crippen LogP contribution in [-0.2, 0) is 11.3 Å². The average Bonchev–Trinajstić information content (AvgIpc) is 3.10. The van der Waals surface area contributed by atoms with Crippen LogP contribution >= 0.6 is 0 Å². The van der Waals surface area contributed by atoms with Crippen molar-refractivity contribution in [3.8, 4) is 0 Å². The summed E-state index contributed by atoms with van der Waals surface area (Å²) in [7, 11) is 0. The van der Waals surface area contributed by atoms with Crippen LogP contribution in [0.3, 0.4) is 0 Å². The minimum atomic E-state index is 0.168. The van der Waals surface area contributed by atoms with Crippen molar-refractivity contribution in [3.05, 3.63) is 30.1 Å². The number of hydrogen-bond acceptors (Lipinski definition) is 2. The quantitative estimate of drug-likeness (QED) is 0.811. The molecule has 1 atom stereocenters. The number of carbonyl (C=O) groups excluding carboxylic acids is 1. The monoisotopic (exact) mass is 204 g/mol. The van der Waals surface area contributed by atoms with Crippen LogP contribution in [0.2, 0.25) is 0 Å². The Hall–Kier alpha value is -1.38. The van der Waals surface area contributed by atoms with Crippen molar-refractivity contribution in [2.75, 3.05) is 0 Å². The normalized spacial score (nSPS) is 17.1. The molecular weight excluding hydrogens is 188 g/mol. The van der Waals surface area contributed by atoms with Gasteiger partial charge in [-0.15, -0.1) is 0 Å². The van der Waals surface area contributed by atoms with Crippen LogP contribution in [0.15, 0.2) is 24.5 Å². The van der Waals surface area contributed by atoms with E-state index >= 15 is 0 Å². The summed E-state index contributed by atoms with van der Waals surface area (Å²) in [6.45, 7) is 2.60. The molecule has 1 saturated carbocycles. The summed E-state index contributed by atoms with van der Waals surface area (Å²) in [5.74, 6) is 0.960. The number of amides is 1. The summed E-state index contributed by atoms with van der Waals surface area (Å²) in [4.78, 5) is 15.7. The third-order valence-electron chi connectivity index (χ3n) is 2.93. The fourth-order valence-corrected chi connectivity index (χ4v) is 1.66. The van der Waals surface area contributed by atoms with E-state index in [-0.39, 0.29) is 11.8 Å². The molecule has 0 radical (unpaired) electrons. The minimum Gasteiger partial charge on any atom is -0.352 e. The topological polar surface area (TPSA) is 42.0 Å². The zero-order chi connectivity index (χ0) is 10.7. The molecule has 1 aromatic heterocycles. The maximum Gasteiger partial charge on any atom is 0.223 e. The van der Waals surface area contributed by atoms with E-state index in [1.165, 1.54) is 12.8 Å². The number of rotatable bonds is 4. The third-order valence-corrected chi connectivity index (χ3v) is 2.93. The molecule has 80 valence electrons. The Balaban J connectivity index is 1.80. The highest BCUT2D eigenvalue weighted by Gasteiger charge is 2.32. The van der Waals surface area contributed by atoms with Gasteiger partial charge in [-0.3, -0.25) is 9.78 Å². The fraction of sp³-hybridized carbons (Fsp3) is 0.500. The highest BCUT2D eigenvalue weighted by Crippen LogP contribution is 2.36. The predicted octanol–water partition coefficient (Wildman–Crippen LogP) is 1.74. The van der Waals surface area contributed by atoms with Gasteiger partial charge in [-0.1, -0.05) is 13.0 Å². The van der Waals surface area contributed by atoms with Crippen molar-refractivity contribution < 1.29 is 4.79 Å². The lowest BCUT2D eigenvalue weighted by Crippen LogP contribution is -2.29. The number of aromatic nitrogens is 1. The van der Waals surface area contributed by atoms with Gasteiger partial charge < -0.3 is 5.32 Å². The van der Waals surface area contributed by atoms with E-state index in [0.717, 1.165) is 5.56 Å². The number of hydrogen-bond donors (Lipinski definition) is 1. The first kappa shape index (κ1) is 10.1. The summed E-state index contributed by atoms with van der Waals surface area (Å²) in [5, 5.41) is 2.94. The summed E-state index contributed by atoms with van der Waals surface area (Å²) in [6, 6.07) is 3.85. The Labute approximate surface area is 89.9 Å². The summed E-state index contributed by atoms with van der Waals surface area (Å²) in [6.07, 6.45) is 5.93. The lowest BCUT2D eigenvalue weighted by atomic mass is 10.1. The van der Waals surface area contributed by atoms with Crippen LogP contribution in [0.5, 0.6) is 0 Å². The molecule has 0 aromatic carbocycles. The minimum absolute atomic E-state index is 0.168. The second kappa shape index (κ2) is 4.43. The Morgan fingerprint density at radius 1 is 1.67 bits per heavy atom. The molecule has 0 aliphatic heterocycles. The number of nitrogens with one attached hydrogen (secondary N) is 1. The smallest absolute Gasteiger partial charge is 0.223 e. The molecule has 15 heavy (non-hydrogen) atoms. The van der Waals surface area contributed by atoms with Gasteiger partial charge in [-0.25, -0.2) is 0 Å². The van der Waals surface area contributed by atoms with Crippen molar-refractivity contribution in [1.29, 1.82) is 0 Å². The zero-order valence-corrected chi connectivity index (χ0v) is 8.94. The van der Waals surface area contributed by atoms with Crippen LogP contribution < -0.4 is 5.32 Å². The van der Waals surface area contributed by atoms with E-state index in [1.54, 1.807) is 12.4 Å². The van der Waals surface area contributed by atoms with Gasteiger partial charge >= 0.3 is 0 Å². The van der Waals surface area contributed by atoms with E-state index in [9.17, 15) is 4.79 Å². The van der Waals surface area contributed by atoms with Gasteiger partial charge in [0.05, 0.1) is 0 Å². The summed E-state index contributed by atoms with van der Waals surface area (Å²) >= 11 is 0. The van der Waals surface area contributed by atoms with E-state index < -0.39 is 0 Å². The Kier molecular flexibility index (Phi) is 2.99.